The van der Waals surface area contributed by atoms with E-state index in [1.165, 1.54) is 0 Å². The number of hydrogen-bond donors (Lipinski definition) is 1. The summed E-state index contributed by atoms with van der Waals surface area (Å²) in [5.74, 6) is 0. The Labute approximate surface area is 98.7 Å². The van der Waals surface area contributed by atoms with E-state index in [2.05, 4.69) is 10.1 Å². The van der Waals surface area contributed by atoms with Crippen molar-refractivity contribution in [1.29, 1.82) is 0 Å². The summed E-state index contributed by atoms with van der Waals surface area (Å²) in [4.78, 5) is 4.10. The molecule has 1 aromatic carbocycles. The number of nitrogen functional groups attached to an aromatic ring is 1. The fraction of sp³-hybridized carbons (Fsp3) is 0.0769. The summed E-state index contributed by atoms with van der Waals surface area (Å²) in [5, 5.41) is 6.43. The minimum Gasteiger partial charge on any atom is -0.398 e. The van der Waals surface area contributed by atoms with Gasteiger partial charge in [0, 0.05) is 35.1 Å². The van der Waals surface area contributed by atoms with E-state index in [9.17, 15) is 0 Å². The van der Waals surface area contributed by atoms with Crippen molar-refractivity contribution in [3.05, 3.63) is 48.5 Å². The largest absolute Gasteiger partial charge is 0.398 e. The first-order valence-corrected chi connectivity index (χ1v) is 5.40. The van der Waals surface area contributed by atoms with Crippen molar-refractivity contribution in [1.82, 2.24) is 14.8 Å². The van der Waals surface area contributed by atoms with Gasteiger partial charge < -0.3 is 5.73 Å². The molecule has 0 saturated carbocycles. The van der Waals surface area contributed by atoms with Crippen LogP contribution in [0.2, 0.25) is 0 Å². The van der Waals surface area contributed by atoms with Gasteiger partial charge in [-0.05, 0) is 31.2 Å². The zero-order chi connectivity index (χ0) is 11.8. The van der Waals surface area contributed by atoms with Crippen LogP contribution in [0.5, 0.6) is 0 Å². The molecule has 2 aromatic heterocycles. The molecule has 0 bridgehead atoms. The second-order valence-electron chi connectivity index (χ2n) is 4.00. The molecule has 17 heavy (non-hydrogen) atoms. The molecule has 0 radical (unpaired) electrons. The minimum atomic E-state index is 0.737. The Bertz CT molecular complexity index is 685. The molecule has 0 spiro atoms. The van der Waals surface area contributed by atoms with Crippen molar-refractivity contribution in [2.45, 2.75) is 6.92 Å². The number of fused-ring (bicyclic) bond motifs is 1. The quantitative estimate of drug-likeness (QED) is 0.645. The van der Waals surface area contributed by atoms with Gasteiger partial charge in [0.1, 0.15) is 0 Å². The summed E-state index contributed by atoms with van der Waals surface area (Å²) in [6, 6.07) is 7.79. The van der Waals surface area contributed by atoms with Crippen molar-refractivity contribution in [2.75, 3.05) is 5.73 Å². The average Bonchev–Trinajstić information content (AvgIpc) is 2.77. The van der Waals surface area contributed by atoms with E-state index in [-0.39, 0.29) is 0 Å². The lowest BCUT2D eigenvalue weighted by Crippen LogP contribution is -1.98. The fourth-order valence-electron chi connectivity index (χ4n) is 1.95. The smallest absolute Gasteiger partial charge is 0.0726 e. The molecule has 0 unspecified atom stereocenters. The Morgan fingerprint density at radius 1 is 1.12 bits per heavy atom. The monoisotopic (exact) mass is 224 g/mol. The number of anilines is 1. The van der Waals surface area contributed by atoms with Crippen LogP contribution in [0.3, 0.4) is 0 Å². The highest BCUT2D eigenvalue weighted by atomic mass is 15.3. The second-order valence-corrected chi connectivity index (χ2v) is 4.00. The molecule has 0 atom stereocenters. The van der Waals surface area contributed by atoms with Gasteiger partial charge in [0.05, 0.1) is 11.4 Å². The van der Waals surface area contributed by atoms with Gasteiger partial charge in [-0.3, -0.25) is 4.98 Å². The summed E-state index contributed by atoms with van der Waals surface area (Å²) >= 11 is 0. The first kappa shape index (κ1) is 9.84. The third-order valence-corrected chi connectivity index (χ3v) is 2.80. The molecule has 3 aromatic rings. The van der Waals surface area contributed by atoms with Crippen molar-refractivity contribution < 1.29 is 0 Å². The standard InChI is InChI=1S/C13H12N4/c1-9-5-7-17(16-9)13-3-2-12(14)11-8-15-6-4-10(11)13/h2-8H,14H2,1H3. The molecule has 0 aliphatic rings. The third-order valence-electron chi connectivity index (χ3n) is 2.80. The van der Waals surface area contributed by atoms with Gasteiger partial charge in [0.15, 0.2) is 0 Å². The van der Waals surface area contributed by atoms with Crippen LogP contribution in [0.4, 0.5) is 5.69 Å². The maximum atomic E-state index is 5.94. The molecule has 2 N–H and O–H groups in total. The maximum absolute atomic E-state index is 5.94. The predicted molar refractivity (Wildman–Crippen MR) is 68.0 cm³/mol. The fourth-order valence-corrected chi connectivity index (χ4v) is 1.95. The number of benzene rings is 1. The number of nitrogens with zero attached hydrogens (tertiary/aromatic N) is 3. The Kier molecular flexibility index (Phi) is 2.08. The molecule has 0 saturated heterocycles. The minimum absolute atomic E-state index is 0.737. The molecule has 0 aliphatic heterocycles. The van der Waals surface area contributed by atoms with Crippen LogP contribution >= 0.6 is 0 Å². The highest BCUT2D eigenvalue weighted by molar-refractivity contribution is 5.97. The number of hydrogen-bond acceptors (Lipinski definition) is 3. The van der Waals surface area contributed by atoms with E-state index >= 15 is 0 Å². The van der Waals surface area contributed by atoms with E-state index in [1.807, 2.05) is 42.1 Å². The van der Waals surface area contributed by atoms with E-state index in [0.29, 0.717) is 0 Å². The first-order chi connectivity index (χ1) is 8.25. The Morgan fingerprint density at radius 3 is 2.76 bits per heavy atom. The summed E-state index contributed by atoms with van der Waals surface area (Å²) in [5.41, 5.74) is 8.68. The Balaban J connectivity index is 2.34. The Morgan fingerprint density at radius 2 is 2.00 bits per heavy atom. The van der Waals surface area contributed by atoms with Crippen LogP contribution in [-0.4, -0.2) is 14.8 Å². The molecular formula is C13H12N4. The average molecular weight is 224 g/mol. The van der Waals surface area contributed by atoms with E-state index in [0.717, 1.165) is 27.8 Å². The number of aryl methyl sites for hydroxylation is 1. The summed E-state index contributed by atoms with van der Waals surface area (Å²) in [6.07, 6.45) is 5.49. The van der Waals surface area contributed by atoms with Crippen molar-refractivity contribution >= 4 is 16.5 Å². The highest BCUT2D eigenvalue weighted by Gasteiger charge is 2.06. The predicted octanol–water partition coefficient (Wildman–Crippen LogP) is 2.31. The van der Waals surface area contributed by atoms with Gasteiger partial charge in [-0.15, -0.1) is 0 Å². The van der Waals surface area contributed by atoms with Crippen LogP contribution in [0, 0.1) is 6.92 Å². The lowest BCUT2D eigenvalue weighted by Gasteiger charge is -2.08. The number of aromatic nitrogens is 3. The molecule has 4 nitrogen and oxygen atoms in total. The zero-order valence-corrected chi connectivity index (χ0v) is 9.46. The van der Waals surface area contributed by atoms with Crippen LogP contribution in [0.1, 0.15) is 5.69 Å². The van der Waals surface area contributed by atoms with Gasteiger partial charge in [-0.2, -0.15) is 5.10 Å². The number of nitrogens with two attached hydrogens (primary N) is 1. The Hall–Kier alpha value is -2.36. The first-order valence-electron chi connectivity index (χ1n) is 5.40. The molecule has 4 heteroatoms. The number of pyridine rings is 1. The third kappa shape index (κ3) is 1.54. The SMILES string of the molecule is Cc1ccn(-c2ccc(N)c3cnccc23)n1. The molecule has 0 fully saturated rings. The van der Waals surface area contributed by atoms with E-state index in [1.54, 1.807) is 12.4 Å². The van der Waals surface area contributed by atoms with Gasteiger partial charge in [0.25, 0.3) is 0 Å². The van der Waals surface area contributed by atoms with Gasteiger partial charge in [-0.25, -0.2) is 4.68 Å². The van der Waals surface area contributed by atoms with Crippen LogP contribution in [0.25, 0.3) is 16.5 Å². The van der Waals surface area contributed by atoms with E-state index < -0.39 is 0 Å². The van der Waals surface area contributed by atoms with Crippen molar-refractivity contribution in [2.24, 2.45) is 0 Å². The van der Waals surface area contributed by atoms with Crippen LogP contribution in [0.15, 0.2) is 42.9 Å². The summed E-state index contributed by atoms with van der Waals surface area (Å²) in [7, 11) is 0. The molecule has 0 aliphatic carbocycles. The topological polar surface area (TPSA) is 56.7 Å². The maximum Gasteiger partial charge on any atom is 0.0726 e. The van der Waals surface area contributed by atoms with Gasteiger partial charge >= 0.3 is 0 Å². The molecular weight excluding hydrogens is 212 g/mol. The van der Waals surface area contributed by atoms with Crippen LogP contribution in [-0.2, 0) is 0 Å². The lowest BCUT2D eigenvalue weighted by atomic mass is 10.1. The van der Waals surface area contributed by atoms with E-state index in [4.69, 9.17) is 5.73 Å². The molecule has 84 valence electrons. The molecule has 3 rings (SSSR count). The lowest BCUT2D eigenvalue weighted by molar-refractivity contribution is 0.869. The molecule has 0 amide bonds. The van der Waals surface area contributed by atoms with Crippen LogP contribution < -0.4 is 5.73 Å². The van der Waals surface area contributed by atoms with Crippen molar-refractivity contribution in [3.63, 3.8) is 0 Å². The van der Waals surface area contributed by atoms with Gasteiger partial charge in [0.2, 0.25) is 0 Å². The second kappa shape index (κ2) is 3.59. The van der Waals surface area contributed by atoms with Crippen molar-refractivity contribution in [3.8, 4) is 5.69 Å². The summed E-state index contributed by atoms with van der Waals surface area (Å²) < 4.78 is 1.86. The summed E-state index contributed by atoms with van der Waals surface area (Å²) in [6.45, 7) is 1.97. The highest BCUT2D eigenvalue weighted by Crippen LogP contribution is 2.25. The normalized spacial score (nSPS) is 10.9. The zero-order valence-electron chi connectivity index (χ0n) is 9.46. The number of rotatable bonds is 1. The molecule has 2 heterocycles. The van der Waals surface area contributed by atoms with Gasteiger partial charge in [-0.1, -0.05) is 0 Å².